The number of rotatable bonds is 2. The first-order valence-corrected chi connectivity index (χ1v) is 7.98. The lowest BCUT2D eigenvalue weighted by atomic mass is 10.0. The van der Waals surface area contributed by atoms with Crippen LogP contribution in [0.25, 0.3) is 0 Å². The third kappa shape index (κ3) is 3.35. The summed E-state index contributed by atoms with van der Waals surface area (Å²) >= 11 is 0. The van der Waals surface area contributed by atoms with Gasteiger partial charge in [0.2, 0.25) is 0 Å². The molecule has 19 heavy (non-hydrogen) atoms. The molecule has 0 atom stereocenters. The molecule has 0 saturated carbocycles. The van der Waals surface area contributed by atoms with Gasteiger partial charge in [-0.2, -0.15) is 0 Å². The maximum Gasteiger partial charge on any atom is 0.251 e. The summed E-state index contributed by atoms with van der Waals surface area (Å²) in [6.07, 6.45) is 1.58. The minimum atomic E-state index is -0.703. The maximum absolute atomic E-state index is 12.2. The van der Waals surface area contributed by atoms with Crippen molar-refractivity contribution in [2.75, 3.05) is 17.2 Å². The van der Waals surface area contributed by atoms with Gasteiger partial charge in [-0.05, 0) is 43.9 Å². The second-order valence-electron chi connectivity index (χ2n) is 5.12. The number of benzene rings is 1. The van der Waals surface area contributed by atoms with Crippen LogP contribution in [0.4, 0.5) is 5.69 Å². The average molecular weight is 280 g/mol. The molecule has 0 aromatic heterocycles. The fourth-order valence-corrected chi connectivity index (χ4v) is 3.61. The normalized spacial score (nSPS) is 23.1. The van der Waals surface area contributed by atoms with Crippen LogP contribution < -0.4 is 11.1 Å². The van der Waals surface area contributed by atoms with Crippen LogP contribution in [-0.4, -0.2) is 27.7 Å². The summed E-state index contributed by atoms with van der Waals surface area (Å²) in [5, 5.41) is 3.01. The zero-order chi connectivity index (χ0) is 14.0. The van der Waals surface area contributed by atoms with Crippen LogP contribution in [0.5, 0.6) is 0 Å². The number of nitrogens with two attached hydrogens (primary N) is 1. The quantitative estimate of drug-likeness (QED) is 0.807. The van der Waals surface area contributed by atoms with Crippen LogP contribution in [-0.2, 0) is 10.8 Å². The molecule has 0 unspecified atom stereocenters. The monoisotopic (exact) mass is 280 g/mol. The Hall–Kier alpha value is -1.36. The number of nitrogen functional groups attached to an aromatic ring is 1. The molecular formula is C14H20N2O2S. The van der Waals surface area contributed by atoms with E-state index in [0.29, 0.717) is 22.8 Å². The summed E-state index contributed by atoms with van der Waals surface area (Å²) < 4.78 is 11.3. The zero-order valence-corrected chi connectivity index (χ0v) is 12.2. The van der Waals surface area contributed by atoms with Crippen LogP contribution >= 0.6 is 0 Å². The summed E-state index contributed by atoms with van der Waals surface area (Å²) in [5.74, 6) is 1.28. The molecule has 0 spiro atoms. The van der Waals surface area contributed by atoms with Crippen molar-refractivity contribution < 1.29 is 9.00 Å². The zero-order valence-electron chi connectivity index (χ0n) is 11.4. The third-order valence-electron chi connectivity index (χ3n) is 3.58. The molecular weight excluding hydrogens is 260 g/mol. The molecule has 3 N–H and O–H groups in total. The Bertz CT molecular complexity index is 518. The van der Waals surface area contributed by atoms with Crippen molar-refractivity contribution >= 4 is 22.4 Å². The molecule has 104 valence electrons. The van der Waals surface area contributed by atoms with Gasteiger partial charge in [-0.1, -0.05) is 6.07 Å². The Kier molecular flexibility index (Phi) is 4.24. The highest BCUT2D eigenvalue weighted by atomic mass is 32.2. The van der Waals surface area contributed by atoms with Gasteiger partial charge in [0.05, 0.1) is 0 Å². The highest BCUT2D eigenvalue weighted by molar-refractivity contribution is 7.85. The average Bonchev–Trinajstić information content (AvgIpc) is 2.36. The molecule has 0 bridgehead atoms. The fraction of sp³-hybridized carbons (Fsp3) is 0.500. The van der Waals surface area contributed by atoms with Crippen LogP contribution in [0.2, 0.25) is 0 Å². The SMILES string of the molecule is Cc1cc(C)c(C(=O)NC2CCS(=O)CC2)cc1N. The molecule has 1 heterocycles. The lowest BCUT2D eigenvalue weighted by Gasteiger charge is -2.23. The van der Waals surface area contributed by atoms with Crippen molar-refractivity contribution in [1.82, 2.24) is 5.32 Å². The predicted molar refractivity (Wildman–Crippen MR) is 78.7 cm³/mol. The molecule has 4 nitrogen and oxygen atoms in total. The molecule has 0 aliphatic carbocycles. The van der Waals surface area contributed by atoms with Crippen molar-refractivity contribution in [1.29, 1.82) is 0 Å². The van der Waals surface area contributed by atoms with E-state index in [4.69, 9.17) is 5.73 Å². The number of hydrogen-bond acceptors (Lipinski definition) is 3. The van der Waals surface area contributed by atoms with E-state index in [1.807, 2.05) is 19.9 Å². The van der Waals surface area contributed by atoms with E-state index in [9.17, 15) is 9.00 Å². The van der Waals surface area contributed by atoms with Crippen LogP contribution in [0.3, 0.4) is 0 Å². The van der Waals surface area contributed by atoms with Crippen molar-refractivity contribution in [3.05, 3.63) is 28.8 Å². The number of carbonyl (C=O) groups excluding carboxylic acids is 1. The molecule has 1 amide bonds. The highest BCUT2D eigenvalue weighted by Crippen LogP contribution is 2.18. The summed E-state index contributed by atoms with van der Waals surface area (Å²) in [6.45, 7) is 3.84. The van der Waals surface area contributed by atoms with E-state index >= 15 is 0 Å². The van der Waals surface area contributed by atoms with Crippen molar-refractivity contribution in [2.45, 2.75) is 32.7 Å². The second-order valence-corrected chi connectivity index (χ2v) is 6.82. The van der Waals surface area contributed by atoms with Gasteiger partial charge in [-0.25, -0.2) is 0 Å². The lowest BCUT2D eigenvalue weighted by molar-refractivity contribution is 0.0934. The predicted octanol–water partition coefficient (Wildman–Crippen LogP) is 1.53. The van der Waals surface area contributed by atoms with Crippen molar-refractivity contribution in [2.24, 2.45) is 0 Å². The Labute approximate surface area is 116 Å². The smallest absolute Gasteiger partial charge is 0.251 e. The molecule has 1 aromatic rings. The van der Waals surface area contributed by atoms with Gasteiger partial charge >= 0.3 is 0 Å². The Morgan fingerprint density at radius 3 is 2.53 bits per heavy atom. The van der Waals surface area contributed by atoms with E-state index in [1.54, 1.807) is 6.07 Å². The molecule has 1 fully saturated rings. The van der Waals surface area contributed by atoms with Crippen molar-refractivity contribution in [3.63, 3.8) is 0 Å². The maximum atomic E-state index is 12.2. The van der Waals surface area contributed by atoms with Gasteiger partial charge in [0.25, 0.3) is 5.91 Å². The Balaban J connectivity index is 2.08. The van der Waals surface area contributed by atoms with Crippen LogP contribution in [0.15, 0.2) is 12.1 Å². The second kappa shape index (κ2) is 5.74. The van der Waals surface area contributed by atoms with Gasteiger partial charge in [0, 0.05) is 39.6 Å². The summed E-state index contributed by atoms with van der Waals surface area (Å²) in [7, 11) is -0.703. The molecule has 1 aromatic carbocycles. The van der Waals surface area contributed by atoms with E-state index < -0.39 is 10.8 Å². The largest absolute Gasteiger partial charge is 0.398 e. The van der Waals surface area contributed by atoms with Crippen LogP contribution in [0, 0.1) is 13.8 Å². The topological polar surface area (TPSA) is 72.2 Å². The molecule has 0 radical (unpaired) electrons. The fourth-order valence-electron chi connectivity index (χ4n) is 2.31. The van der Waals surface area contributed by atoms with E-state index in [1.165, 1.54) is 0 Å². The van der Waals surface area contributed by atoms with Gasteiger partial charge in [0.1, 0.15) is 0 Å². The van der Waals surface area contributed by atoms with Gasteiger partial charge in [0.15, 0.2) is 0 Å². The van der Waals surface area contributed by atoms with E-state index in [2.05, 4.69) is 5.32 Å². The van der Waals surface area contributed by atoms with E-state index in [-0.39, 0.29) is 11.9 Å². The molecule has 2 rings (SSSR count). The first-order chi connectivity index (χ1) is 8.97. The lowest BCUT2D eigenvalue weighted by Crippen LogP contribution is -2.39. The summed E-state index contributed by atoms with van der Waals surface area (Å²) in [5.41, 5.74) is 9.05. The Morgan fingerprint density at radius 1 is 1.26 bits per heavy atom. The van der Waals surface area contributed by atoms with E-state index in [0.717, 1.165) is 24.0 Å². The number of anilines is 1. The first-order valence-electron chi connectivity index (χ1n) is 6.50. The van der Waals surface area contributed by atoms with Gasteiger partial charge in [-0.15, -0.1) is 0 Å². The number of carbonyl (C=O) groups is 1. The summed E-state index contributed by atoms with van der Waals surface area (Å²) in [6, 6.07) is 3.80. The standard InChI is InChI=1S/C14H20N2O2S/c1-9-7-10(2)13(15)8-12(9)14(17)16-11-3-5-19(18)6-4-11/h7-8,11H,3-6,15H2,1-2H3,(H,16,17). The minimum Gasteiger partial charge on any atom is -0.398 e. The van der Waals surface area contributed by atoms with Crippen LogP contribution in [0.1, 0.15) is 34.3 Å². The third-order valence-corrected chi connectivity index (χ3v) is 4.96. The van der Waals surface area contributed by atoms with Gasteiger partial charge in [-0.3, -0.25) is 9.00 Å². The summed E-state index contributed by atoms with van der Waals surface area (Å²) in [4.78, 5) is 12.2. The number of hydrogen-bond donors (Lipinski definition) is 2. The number of aryl methyl sites for hydroxylation is 2. The Morgan fingerprint density at radius 2 is 1.89 bits per heavy atom. The molecule has 1 saturated heterocycles. The molecule has 1 aliphatic rings. The molecule has 5 heteroatoms. The number of nitrogens with one attached hydrogen (secondary N) is 1. The number of amides is 1. The molecule has 1 aliphatic heterocycles. The van der Waals surface area contributed by atoms with Crippen molar-refractivity contribution in [3.8, 4) is 0 Å². The van der Waals surface area contributed by atoms with Gasteiger partial charge < -0.3 is 11.1 Å². The minimum absolute atomic E-state index is 0.0816. The first kappa shape index (κ1) is 14.1. The highest BCUT2D eigenvalue weighted by Gasteiger charge is 2.21.